The van der Waals surface area contributed by atoms with Crippen molar-refractivity contribution in [3.63, 3.8) is 0 Å². The Labute approximate surface area is 181 Å². The monoisotopic (exact) mass is 449 g/mol. The molecule has 1 aromatic heterocycles. The number of aromatic nitrogens is 1. The zero-order chi connectivity index (χ0) is 21.5. The minimum atomic E-state index is -3.70. The molecule has 1 aromatic carbocycles. The van der Waals surface area contributed by atoms with Crippen molar-refractivity contribution in [2.75, 3.05) is 18.4 Å². The van der Waals surface area contributed by atoms with Crippen molar-refractivity contribution in [2.45, 2.75) is 57.1 Å². The lowest BCUT2D eigenvalue weighted by Crippen LogP contribution is -2.48. The molecule has 162 valence electrons. The second-order valence-electron chi connectivity index (χ2n) is 8.30. The summed E-state index contributed by atoms with van der Waals surface area (Å²) in [6, 6.07) is 6.18. The molecular weight excluding hydrogens is 422 g/mol. The molecule has 7 nitrogen and oxygen atoms in total. The summed E-state index contributed by atoms with van der Waals surface area (Å²) in [4.78, 5) is 18.7. The summed E-state index contributed by atoms with van der Waals surface area (Å²) in [5.41, 5.74) is 1.37. The zero-order valence-electron chi connectivity index (χ0n) is 17.4. The molecule has 1 saturated heterocycles. The highest BCUT2D eigenvalue weighted by Crippen LogP contribution is 2.32. The molecule has 0 radical (unpaired) electrons. The Hall–Kier alpha value is -1.81. The average molecular weight is 450 g/mol. The number of morpholine rings is 1. The van der Waals surface area contributed by atoms with Crippen molar-refractivity contribution in [1.82, 2.24) is 9.29 Å². The number of thiazole rings is 1. The van der Waals surface area contributed by atoms with Crippen LogP contribution in [0.15, 0.2) is 29.2 Å². The molecule has 3 unspecified atom stereocenters. The van der Waals surface area contributed by atoms with Gasteiger partial charge >= 0.3 is 0 Å². The fourth-order valence-corrected chi connectivity index (χ4v) is 6.84. The van der Waals surface area contributed by atoms with Crippen LogP contribution in [0.25, 0.3) is 0 Å². The van der Waals surface area contributed by atoms with Crippen molar-refractivity contribution in [3.05, 3.63) is 40.4 Å². The first-order valence-corrected chi connectivity index (χ1v) is 12.5. The number of nitrogens with one attached hydrogen (secondary N) is 1. The summed E-state index contributed by atoms with van der Waals surface area (Å²) in [5, 5.41) is 3.42. The van der Waals surface area contributed by atoms with E-state index in [0.717, 1.165) is 25.0 Å². The Kier molecular flexibility index (Phi) is 5.98. The van der Waals surface area contributed by atoms with Gasteiger partial charge in [-0.15, -0.1) is 11.3 Å². The molecule has 1 fully saturated rings. The minimum Gasteiger partial charge on any atom is -0.373 e. The summed E-state index contributed by atoms with van der Waals surface area (Å²) in [6.07, 6.45) is 2.70. The molecule has 30 heavy (non-hydrogen) atoms. The molecule has 0 bridgehead atoms. The summed E-state index contributed by atoms with van der Waals surface area (Å²) >= 11 is 1.51. The molecule has 1 N–H and O–H groups in total. The molecule has 2 aromatic rings. The molecule has 4 rings (SSSR count). The molecule has 2 aliphatic rings. The quantitative estimate of drug-likeness (QED) is 0.774. The molecule has 9 heteroatoms. The third-order valence-electron chi connectivity index (χ3n) is 5.53. The molecule has 1 amide bonds. The Morgan fingerprint density at radius 3 is 2.70 bits per heavy atom. The Balaban J connectivity index is 1.52. The Morgan fingerprint density at radius 2 is 1.97 bits per heavy atom. The standard InChI is InChI=1S/C21H27N3O4S2/c1-13-7-8-18-19(9-13)29-21(22-18)23-20(25)16-5-4-6-17(10-16)30(26,27)24-11-14(2)28-15(3)12-24/h4-6,10,13-15H,7-9,11-12H2,1-3H3,(H,22,23,25). The van der Waals surface area contributed by atoms with E-state index in [1.807, 2.05) is 13.8 Å². The van der Waals surface area contributed by atoms with Crippen LogP contribution in [-0.4, -0.2) is 48.9 Å². The van der Waals surface area contributed by atoms with Crippen LogP contribution in [0.2, 0.25) is 0 Å². The first-order valence-electron chi connectivity index (χ1n) is 10.3. The second kappa shape index (κ2) is 8.37. The van der Waals surface area contributed by atoms with Gasteiger partial charge in [0.15, 0.2) is 5.13 Å². The van der Waals surface area contributed by atoms with Crippen molar-refractivity contribution >= 4 is 32.4 Å². The maximum Gasteiger partial charge on any atom is 0.257 e. The highest BCUT2D eigenvalue weighted by atomic mass is 32.2. The SMILES string of the molecule is CC1CCc2nc(NC(=O)c3cccc(S(=O)(=O)N4CC(C)OC(C)C4)c3)sc2C1. The van der Waals surface area contributed by atoms with Gasteiger partial charge in [-0.1, -0.05) is 13.0 Å². The largest absolute Gasteiger partial charge is 0.373 e. The van der Waals surface area contributed by atoms with Gasteiger partial charge in [-0.3, -0.25) is 10.1 Å². The van der Waals surface area contributed by atoms with E-state index in [1.165, 1.54) is 32.7 Å². The maximum atomic E-state index is 13.1. The maximum absolute atomic E-state index is 13.1. The van der Waals surface area contributed by atoms with E-state index >= 15 is 0 Å². The van der Waals surface area contributed by atoms with Crippen LogP contribution in [0.1, 0.15) is 48.1 Å². The lowest BCUT2D eigenvalue weighted by Gasteiger charge is -2.34. The molecule has 2 heterocycles. The smallest absolute Gasteiger partial charge is 0.257 e. The molecule has 0 spiro atoms. The summed E-state index contributed by atoms with van der Waals surface area (Å²) < 4.78 is 33.3. The minimum absolute atomic E-state index is 0.115. The van der Waals surface area contributed by atoms with Gasteiger partial charge < -0.3 is 4.74 Å². The number of rotatable bonds is 4. The normalized spacial score (nSPS) is 25.0. The number of carbonyl (C=O) groups is 1. The predicted molar refractivity (Wildman–Crippen MR) is 116 cm³/mol. The number of carbonyl (C=O) groups excluding carboxylic acids is 1. The number of hydrogen-bond donors (Lipinski definition) is 1. The number of aryl methyl sites for hydroxylation is 1. The topological polar surface area (TPSA) is 88.6 Å². The number of ether oxygens (including phenoxy) is 1. The third kappa shape index (κ3) is 4.44. The fourth-order valence-electron chi connectivity index (χ4n) is 4.04. The van der Waals surface area contributed by atoms with E-state index < -0.39 is 10.0 Å². The average Bonchev–Trinajstić information content (AvgIpc) is 3.08. The fraction of sp³-hybridized carbons (Fsp3) is 0.524. The summed E-state index contributed by atoms with van der Waals surface area (Å²) in [6.45, 7) is 6.54. The summed E-state index contributed by atoms with van der Waals surface area (Å²) in [5.74, 6) is 0.281. The number of benzene rings is 1. The van der Waals surface area contributed by atoms with E-state index in [-0.39, 0.29) is 23.0 Å². The highest BCUT2D eigenvalue weighted by molar-refractivity contribution is 7.89. The third-order valence-corrected chi connectivity index (χ3v) is 8.39. The van der Waals surface area contributed by atoms with Crippen LogP contribution in [0.5, 0.6) is 0 Å². The first kappa shape index (κ1) is 21.4. The van der Waals surface area contributed by atoms with Gasteiger partial charge in [-0.05, 0) is 57.2 Å². The van der Waals surface area contributed by atoms with Crippen molar-refractivity contribution in [2.24, 2.45) is 5.92 Å². The van der Waals surface area contributed by atoms with Crippen LogP contribution in [-0.2, 0) is 27.6 Å². The van der Waals surface area contributed by atoms with E-state index in [2.05, 4.69) is 17.2 Å². The number of fused-ring (bicyclic) bond motifs is 1. The molecule has 0 saturated carbocycles. The van der Waals surface area contributed by atoms with E-state index in [9.17, 15) is 13.2 Å². The van der Waals surface area contributed by atoms with E-state index in [0.29, 0.717) is 29.7 Å². The van der Waals surface area contributed by atoms with Crippen LogP contribution in [0.4, 0.5) is 5.13 Å². The van der Waals surface area contributed by atoms with Gasteiger partial charge in [0.05, 0.1) is 22.8 Å². The van der Waals surface area contributed by atoms with E-state index in [1.54, 1.807) is 12.1 Å². The van der Waals surface area contributed by atoms with Gasteiger partial charge in [0.2, 0.25) is 10.0 Å². The molecular formula is C21H27N3O4S2. The van der Waals surface area contributed by atoms with Crippen LogP contribution < -0.4 is 5.32 Å². The molecule has 3 atom stereocenters. The predicted octanol–water partition coefficient (Wildman–Crippen LogP) is 3.32. The van der Waals surface area contributed by atoms with Gasteiger partial charge in [0.25, 0.3) is 5.91 Å². The van der Waals surface area contributed by atoms with Crippen molar-refractivity contribution in [1.29, 1.82) is 0 Å². The van der Waals surface area contributed by atoms with Crippen LogP contribution in [0, 0.1) is 5.92 Å². The Morgan fingerprint density at radius 1 is 1.23 bits per heavy atom. The molecule has 1 aliphatic carbocycles. The van der Waals surface area contributed by atoms with E-state index in [4.69, 9.17) is 4.74 Å². The highest BCUT2D eigenvalue weighted by Gasteiger charge is 2.32. The van der Waals surface area contributed by atoms with Gasteiger partial charge in [-0.25, -0.2) is 13.4 Å². The van der Waals surface area contributed by atoms with Gasteiger partial charge in [0, 0.05) is 23.5 Å². The number of amides is 1. The number of hydrogen-bond acceptors (Lipinski definition) is 6. The number of anilines is 1. The first-order chi connectivity index (χ1) is 14.2. The van der Waals surface area contributed by atoms with Crippen LogP contribution >= 0.6 is 11.3 Å². The molecule has 1 aliphatic heterocycles. The summed E-state index contributed by atoms with van der Waals surface area (Å²) in [7, 11) is -3.70. The number of sulfonamides is 1. The second-order valence-corrected chi connectivity index (χ2v) is 11.3. The van der Waals surface area contributed by atoms with Gasteiger partial charge in [0.1, 0.15) is 0 Å². The lowest BCUT2D eigenvalue weighted by molar-refractivity contribution is -0.0440. The Bertz CT molecular complexity index is 1040. The zero-order valence-corrected chi connectivity index (χ0v) is 19.1. The van der Waals surface area contributed by atoms with Crippen LogP contribution in [0.3, 0.4) is 0 Å². The van der Waals surface area contributed by atoms with Crippen molar-refractivity contribution < 1.29 is 17.9 Å². The number of nitrogens with zero attached hydrogens (tertiary/aromatic N) is 2. The van der Waals surface area contributed by atoms with Gasteiger partial charge in [-0.2, -0.15) is 4.31 Å². The lowest BCUT2D eigenvalue weighted by atomic mass is 9.93. The van der Waals surface area contributed by atoms with Crippen molar-refractivity contribution in [3.8, 4) is 0 Å².